The maximum absolute atomic E-state index is 12.6. The lowest BCUT2D eigenvalue weighted by atomic mass is 10.2. The summed E-state index contributed by atoms with van der Waals surface area (Å²) in [5.41, 5.74) is 3.09. The fourth-order valence-corrected chi connectivity index (χ4v) is 3.33. The number of nitriles is 1. The van der Waals surface area contributed by atoms with E-state index in [1.54, 1.807) is 16.0 Å². The third-order valence-corrected chi connectivity index (χ3v) is 5.67. The van der Waals surface area contributed by atoms with Gasteiger partial charge in [0, 0.05) is 25.0 Å². The molecule has 1 fully saturated rings. The van der Waals surface area contributed by atoms with E-state index in [9.17, 15) is 13.2 Å². The van der Waals surface area contributed by atoms with Crippen molar-refractivity contribution in [3.8, 4) is 6.07 Å². The Hall–Kier alpha value is -2.18. The van der Waals surface area contributed by atoms with Crippen LogP contribution in [0.3, 0.4) is 0 Å². The van der Waals surface area contributed by atoms with Crippen LogP contribution in [0.5, 0.6) is 0 Å². The van der Waals surface area contributed by atoms with Crippen molar-refractivity contribution in [1.29, 1.82) is 5.26 Å². The van der Waals surface area contributed by atoms with E-state index in [0.717, 1.165) is 19.1 Å². The standard InChI is InChI=1S/C17H25N5O3S/c1-4-13(2)22(12-17(23)21-9-5-6-14(21)10-18)20-16-8-7-15(11-19-16)26(3,24)25/h7-8,11,13-14H,4-6,9,12H2,1-3H3,(H,19,20)/t13-,14?/m0/s1. The third-order valence-electron chi connectivity index (χ3n) is 4.57. The van der Waals surface area contributed by atoms with Crippen LogP contribution in [0.1, 0.15) is 33.1 Å². The predicted octanol–water partition coefficient (Wildman–Crippen LogP) is 1.43. The van der Waals surface area contributed by atoms with E-state index in [1.165, 1.54) is 12.3 Å². The first-order chi connectivity index (χ1) is 12.3. The number of aromatic nitrogens is 1. The first-order valence-corrected chi connectivity index (χ1v) is 10.5. The molecule has 8 nitrogen and oxygen atoms in total. The molecule has 2 rings (SSSR count). The molecule has 0 aromatic carbocycles. The molecule has 1 amide bonds. The summed E-state index contributed by atoms with van der Waals surface area (Å²) >= 11 is 0. The molecule has 9 heteroatoms. The average molecular weight is 379 g/mol. The molecule has 0 aliphatic carbocycles. The van der Waals surface area contributed by atoms with Crippen LogP contribution < -0.4 is 5.43 Å². The molecular weight excluding hydrogens is 354 g/mol. The highest BCUT2D eigenvalue weighted by Crippen LogP contribution is 2.18. The molecule has 0 saturated carbocycles. The number of carbonyl (C=O) groups is 1. The number of likely N-dealkylation sites (tertiary alicyclic amines) is 1. The van der Waals surface area contributed by atoms with E-state index in [0.29, 0.717) is 18.8 Å². The summed E-state index contributed by atoms with van der Waals surface area (Å²) < 4.78 is 23.1. The second-order valence-electron chi connectivity index (χ2n) is 6.52. The lowest BCUT2D eigenvalue weighted by Gasteiger charge is -2.31. The van der Waals surface area contributed by atoms with E-state index in [4.69, 9.17) is 5.26 Å². The Morgan fingerprint density at radius 3 is 2.81 bits per heavy atom. The summed E-state index contributed by atoms with van der Waals surface area (Å²) in [6, 6.07) is 4.93. The topological polar surface area (TPSA) is 106 Å². The lowest BCUT2D eigenvalue weighted by molar-refractivity contribution is -0.132. The van der Waals surface area contributed by atoms with Gasteiger partial charge in [0.1, 0.15) is 11.9 Å². The fraction of sp³-hybridized carbons (Fsp3) is 0.588. The zero-order chi connectivity index (χ0) is 19.3. The molecule has 1 aromatic rings. The van der Waals surface area contributed by atoms with Crippen molar-refractivity contribution < 1.29 is 13.2 Å². The van der Waals surface area contributed by atoms with Crippen LogP contribution in [0.4, 0.5) is 5.82 Å². The van der Waals surface area contributed by atoms with Crippen LogP contribution in [0.25, 0.3) is 0 Å². The monoisotopic (exact) mass is 379 g/mol. The Kier molecular flexibility index (Phi) is 6.56. The molecule has 1 unspecified atom stereocenters. The average Bonchev–Trinajstić information content (AvgIpc) is 3.09. The van der Waals surface area contributed by atoms with Gasteiger partial charge in [-0.15, -0.1) is 0 Å². The second kappa shape index (κ2) is 8.47. The molecule has 142 valence electrons. The van der Waals surface area contributed by atoms with Crippen LogP contribution in [0.15, 0.2) is 23.2 Å². The summed E-state index contributed by atoms with van der Waals surface area (Å²) in [6.45, 7) is 4.71. The number of nitrogens with one attached hydrogen (secondary N) is 1. The van der Waals surface area contributed by atoms with E-state index < -0.39 is 9.84 Å². The molecule has 2 heterocycles. The second-order valence-corrected chi connectivity index (χ2v) is 8.54. The van der Waals surface area contributed by atoms with Crippen molar-refractivity contribution in [3.63, 3.8) is 0 Å². The number of hydrazine groups is 1. The van der Waals surface area contributed by atoms with Crippen molar-refractivity contribution >= 4 is 21.6 Å². The molecular formula is C17H25N5O3S. The molecule has 1 saturated heterocycles. The Morgan fingerprint density at radius 2 is 2.27 bits per heavy atom. The van der Waals surface area contributed by atoms with Gasteiger partial charge in [0.15, 0.2) is 9.84 Å². The number of pyridine rings is 1. The summed E-state index contributed by atoms with van der Waals surface area (Å²) in [4.78, 5) is 18.5. The van der Waals surface area contributed by atoms with Gasteiger partial charge in [0.25, 0.3) is 0 Å². The Bertz CT molecular complexity index is 773. The quantitative estimate of drug-likeness (QED) is 0.714. The van der Waals surface area contributed by atoms with E-state index >= 15 is 0 Å². The molecule has 1 aliphatic rings. The zero-order valence-corrected chi connectivity index (χ0v) is 16.2. The molecule has 1 aromatic heterocycles. The number of anilines is 1. The van der Waals surface area contributed by atoms with Gasteiger partial charge in [-0.25, -0.2) is 18.4 Å². The van der Waals surface area contributed by atoms with Gasteiger partial charge in [0.2, 0.25) is 5.91 Å². The van der Waals surface area contributed by atoms with E-state index in [1.807, 2.05) is 13.8 Å². The highest BCUT2D eigenvalue weighted by molar-refractivity contribution is 7.90. The lowest BCUT2D eigenvalue weighted by Crippen LogP contribution is -2.47. The number of nitrogens with zero attached hydrogens (tertiary/aromatic N) is 4. The maximum Gasteiger partial charge on any atom is 0.239 e. The van der Waals surface area contributed by atoms with Crippen LogP contribution in [0.2, 0.25) is 0 Å². The summed E-state index contributed by atoms with van der Waals surface area (Å²) in [5, 5.41) is 10.9. The maximum atomic E-state index is 12.6. The Morgan fingerprint density at radius 1 is 1.54 bits per heavy atom. The number of hydrogen-bond donors (Lipinski definition) is 1. The number of rotatable bonds is 7. The van der Waals surface area contributed by atoms with Gasteiger partial charge in [0.05, 0.1) is 17.5 Å². The summed E-state index contributed by atoms with van der Waals surface area (Å²) in [5.74, 6) is 0.360. The van der Waals surface area contributed by atoms with Crippen LogP contribution in [0, 0.1) is 11.3 Å². The molecule has 26 heavy (non-hydrogen) atoms. The Balaban J connectivity index is 2.10. The molecule has 1 N–H and O–H groups in total. The van der Waals surface area contributed by atoms with E-state index in [2.05, 4.69) is 16.5 Å². The van der Waals surface area contributed by atoms with Gasteiger partial charge in [-0.05, 0) is 38.3 Å². The fourth-order valence-electron chi connectivity index (χ4n) is 2.77. The number of amides is 1. The molecule has 0 radical (unpaired) electrons. The highest BCUT2D eigenvalue weighted by atomic mass is 32.2. The third kappa shape index (κ3) is 4.93. The largest absolute Gasteiger partial charge is 0.325 e. The van der Waals surface area contributed by atoms with Gasteiger partial charge in [-0.2, -0.15) is 5.26 Å². The van der Waals surface area contributed by atoms with Crippen molar-refractivity contribution in [2.75, 3.05) is 24.8 Å². The van der Waals surface area contributed by atoms with Gasteiger partial charge < -0.3 is 10.3 Å². The van der Waals surface area contributed by atoms with Gasteiger partial charge >= 0.3 is 0 Å². The minimum absolute atomic E-state index is 0.0541. The highest BCUT2D eigenvalue weighted by Gasteiger charge is 2.30. The Labute approximate surface area is 154 Å². The van der Waals surface area contributed by atoms with Crippen molar-refractivity contribution in [2.24, 2.45) is 0 Å². The molecule has 2 atom stereocenters. The minimum atomic E-state index is -3.30. The van der Waals surface area contributed by atoms with Gasteiger partial charge in [-0.3, -0.25) is 4.79 Å². The molecule has 1 aliphatic heterocycles. The van der Waals surface area contributed by atoms with Crippen molar-refractivity contribution in [3.05, 3.63) is 18.3 Å². The number of sulfone groups is 1. The summed E-state index contributed by atoms with van der Waals surface area (Å²) in [6.07, 6.45) is 4.79. The number of carbonyl (C=O) groups excluding carboxylic acids is 1. The SMILES string of the molecule is CC[C@H](C)N(CC(=O)N1CCCC1C#N)Nc1ccc(S(C)(=O)=O)cn1. The van der Waals surface area contributed by atoms with Gasteiger partial charge in [-0.1, -0.05) is 6.92 Å². The van der Waals surface area contributed by atoms with Crippen LogP contribution >= 0.6 is 0 Å². The predicted molar refractivity (Wildman–Crippen MR) is 97.8 cm³/mol. The molecule has 0 spiro atoms. The smallest absolute Gasteiger partial charge is 0.239 e. The first-order valence-electron chi connectivity index (χ1n) is 8.64. The summed E-state index contributed by atoms with van der Waals surface area (Å²) in [7, 11) is -3.30. The zero-order valence-electron chi connectivity index (χ0n) is 15.3. The van der Waals surface area contributed by atoms with Crippen molar-refractivity contribution in [1.82, 2.24) is 14.9 Å². The normalized spacial score (nSPS) is 18.6. The van der Waals surface area contributed by atoms with E-state index in [-0.39, 0.29) is 29.4 Å². The van der Waals surface area contributed by atoms with Crippen LogP contribution in [-0.2, 0) is 14.6 Å². The minimum Gasteiger partial charge on any atom is -0.325 e. The first kappa shape index (κ1) is 20.1. The number of hydrogen-bond acceptors (Lipinski definition) is 7. The van der Waals surface area contributed by atoms with Crippen LogP contribution in [-0.4, -0.2) is 60.6 Å². The van der Waals surface area contributed by atoms with Crippen molar-refractivity contribution in [2.45, 2.75) is 50.1 Å². The molecule has 0 bridgehead atoms.